The van der Waals surface area contributed by atoms with Crippen molar-refractivity contribution in [2.45, 2.75) is 51.0 Å². The standard InChI is InChI=1S/C56H45NO2/c1-54(2,3)38-23-28-47-45-15-9-11-17-50(45)56(58,52(47)32-38)53-43(30-31-59-53)36-20-24-39(25-21-36)57(40-26-22-37-19-18-35-12-6-7-13-42(35)48(37)33-40)41-27-29-46-44-14-8-10-16-49(44)55(4,5)51(46)34-41/h6-34,58H,1-5H3. The van der Waals surface area contributed by atoms with E-state index in [1.165, 1.54) is 49.4 Å². The van der Waals surface area contributed by atoms with Crippen LogP contribution in [-0.2, 0) is 16.4 Å². The van der Waals surface area contributed by atoms with Crippen LogP contribution >= 0.6 is 0 Å². The molecule has 1 N–H and O–H groups in total. The number of furan rings is 1. The smallest absolute Gasteiger partial charge is 0.174 e. The van der Waals surface area contributed by atoms with Crippen LogP contribution in [0.25, 0.3) is 54.9 Å². The SMILES string of the molecule is CC(C)(C)c1ccc2c(c1)C(O)(c1occc1-c1ccc(N(c3ccc4c(c3)C(C)(C)c3ccccc3-4)c3ccc4ccc5ccccc5c4c3)cc1)c1ccccc1-2. The van der Waals surface area contributed by atoms with E-state index in [1.807, 2.05) is 24.3 Å². The Labute approximate surface area is 345 Å². The Hall–Kier alpha value is -6.68. The van der Waals surface area contributed by atoms with Crippen LogP contribution in [0.5, 0.6) is 0 Å². The van der Waals surface area contributed by atoms with Crippen molar-refractivity contribution in [1.82, 2.24) is 0 Å². The van der Waals surface area contributed by atoms with Crippen LogP contribution in [0.4, 0.5) is 17.1 Å². The van der Waals surface area contributed by atoms with Gasteiger partial charge in [0.2, 0.25) is 0 Å². The Morgan fingerprint density at radius 1 is 0.475 bits per heavy atom. The van der Waals surface area contributed by atoms with E-state index in [9.17, 15) is 5.11 Å². The van der Waals surface area contributed by atoms with E-state index in [2.05, 4.69) is 185 Å². The lowest BCUT2D eigenvalue weighted by Crippen LogP contribution is -2.27. The predicted molar refractivity (Wildman–Crippen MR) is 244 cm³/mol. The van der Waals surface area contributed by atoms with E-state index in [-0.39, 0.29) is 10.8 Å². The van der Waals surface area contributed by atoms with Gasteiger partial charge in [-0.25, -0.2) is 0 Å². The lowest BCUT2D eigenvalue weighted by Gasteiger charge is -2.29. The highest BCUT2D eigenvalue weighted by Crippen LogP contribution is 2.55. The second kappa shape index (κ2) is 12.7. The summed E-state index contributed by atoms with van der Waals surface area (Å²) in [5.41, 5.74) is 13.6. The summed E-state index contributed by atoms with van der Waals surface area (Å²) in [5.74, 6) is 0.529. The molecular weight excluding hydrogens is 719 g/mol. The Bertz CT molecular complexity index is 3140. The summed E-state index contributed by atoms with van der Waals surface area (Å²) in [6.07, 6.45) is 1.71. The topological polar surface area (TPSA) is 36.6 Å². The minimum atomic E-state index is -1.46. The second-order valence-corrected chi connectivity index (χ2v) is 17.9. The molecule has 0 saturated heterocycles. The summed E-state index contributed by atoms with van der Waals surface area (Å²) >= 11 is 0. The molecular formula is C56H45NO2. The monoisotopic (exact) mass is 763 g/mol. The Balaban J connectivity index is 1.06. The van der Waals surface area contributed by atoms with Crippen LogP contribution in [0, 0.1) is 0 Å². The molecule has 3 heteroatoms. The van der Waals surface area contributed by atoms with E-state index >= 15 is 0 Å². The number of aliphatic hydroxyl groups is 1. The summed E-state index contributed by atoms with van der Waals surface area (Å²) in [5, 5.41) is 18.0. The van der Waals surface area contributed by atoms with Crippen molar-refractivity contribution in [2.24, 2.45) is 0 Å². The maximum atomic E-state index is 13.1. The first-order valence-electron chi connectivity index (χ1n) is 20.6. The normalized spacial score (nSPS) is 16.2. The van der Waals surface area contributed by atoms with E-state index in [1.54, 1.807) is 6.26 Å². The number of anilines is 3. The highest BCUT2D eigenvalue weighted by Gasteiger charge is 2.47. The zero-order valence-corrected chi connectivity index (χ0v) is 34.0. The van der Waals surface area contributed by atoms with Crippen LogP contribution in [0.1, 0.15) is 68.2 Å². The van der Waals surface area contributed by atoms with Crippen LogP contribution in [0.2, 0.25) is 0 Å². The number of hydrogen-bond donors (Lipinski definition) is 1. The molecule has 2 aliphatic rings. The molecule has 0 spiro atoms. The van der Waals surface area contributed by atoms with Crippen molar-refractivity contribution < 1.29 is 9.52 Å². The maximum Gasteiger partial charge on any atom is 0.174 e. The average molecular weight is 764 g/mol. The zero-order chi connectivity index (χ0) is 40.3. The number of hydrogen-bond acceptors (Lipinski definition) is 3. The highest BCUT2D eigenvalue weighted by atomic mass is 16.4. The molecule has 8 aromatic carbocycles. The highest BCUT2D eigenvalue weighted by molar-refractivity contribution is 6.09. The Morgan fingerprint density at radius 3 is 1.83 bits per heavy atom. The average Bonchev–Trinajstić information content (AvgIpc) is 3.92. The quantitative estimate of drug-likeness (QED) is 0.177. The molecule has 1 atom stereocenters. The van der Waals surface area contributed by atoms with Crippen molar-refractivity contribution in [3.05, 3.63) is 210 Å². The third-order valence-corrected chi connectivity index (χ3v) is 13.1. The largest absolute Gasteiger partial charge is 0.465 e. The fourth-order valence-electron chi connectivity index (χ4n) is 9.98. The van der Waals surface area contributed by atoms with Crippen molar-refractivity contribution in [3.8, 4) is 33.4 Å². The van der Waals surface area contributed by atoms with Crippen LogP contribution in [0.3, 0.4) is 0 Å². The van der Waals surface area contributed by atoms with Gasteiger partial charge in [-0.1, -0.05) is 162 Å². The van der Waals surface area contributed by atoms with Gasteiger partial charge in [-0.3, -0.25) is 0 Å². The van der Waals surface area contributed by atoms with Gasteiger partial charge in [-0.2, -0.15) is 0 Å². The molecule has 11 rings (SSSR count). The molecule has 59 heavy (non-hydrogen) atoms. The number of nitrogens with zero attached hydrogens (tertiary/aromatic N) is 1. The van der Waals surface area contributed by atoms with E-state index in [4.69, 9.17) is 4.42 Å². The fourth-order valence-corrected chi connectivity index (χ4v) is 9.98. The first kappa shape index (κ1) is 35.5. The molecule has 0 radical (unpaired) electrons. The molecule has 0 saturated carbocycles. The van der Waals surface area contributed by atoms with Gasteiger partial charge in [0.1, 0.15) is 0 Å². The number of fused-ring (bicyclic) bond motifs is 9. The third-order valence-electron chi connectivity index (χ3n) is 13.1. The van der Waals surface area contributed by atoms with Crippen LogP contribution in [0.15, 0.2) is 181 Å². The number of benzene rings is 8. The molecule has 0 amide bonds. The molecule has 1 aromatic heterocycles. The van der Waals surface area contributed by atoms with E-state index < -0.39 is 5.60 Å². The third kappa shape index (κ3) is 5.24. The Morgan fingerprint density at radius 2 is 1.05 bits per heavy atom. The van der Waals surface area contributed by atoms with E-state index in [0.717, 1.165) is 50.4 Å². The molecule has 9 aromatic rings. The predicted octanol–water partition coefficient (Wildman–Crippen LogP) is 14.6. The lowest BCUT2D eigenvalue weighted by atomic mass is 9.81. The molecule has 0 fully saturated rings. The first-order valence-corrected chi connectivity index (χ1v) is 20.6. The molecule has 0 aliphatic heterocycles. The number of rotatable bonds is 5. The van der Waals surface area contributed by atoms with Gasteiger partial charge in [-0.05, 0) is 114 Å². The maximum absolute atomic E-state index is 13.1. The molecule has 286 valence electrons. The molecule has 1 heterocycles. The summed E-state index contributed by atoms with van der Waals surface area (Å²) < 4.78 is 6.37. The van der Waals surface area contributed by atoms with Crippen molar-refractivity contribution in [3.63, 3.8) is 0 Å². The van der Waals surface area contributed by atoms with Gasteiger partial charge >= 0.3 is 0 Å². The van der Waals surface area contributed by atoms with Crippen molar-refractivity contribution in [2.75, 3.05) is 4.90 Å². The molecule has 3 nitrogen and oxygen atoms in total. The molecule has 2 aliphatic carbocycles. The van der Waals surface area contributed by atoms with Gasteiger partial charge in [0, 0.05) is 39.2 Å². The van der Waals surface area contributed by atoms with E-state index in [0.29, 0.717) is 5.76 Å². The van der Waals surface area contributed by atoms with Crippen molar-refractivity contribution in [1.29, 1.82) is 0 Å². The van der Waals surface area contributed by atoms with Gasteiger partial charge in [0.25, 0.3) is 0 Å². The first-order chi connectivity index (χ1) is 28.5. The van der Waals surface area contributed by atoms with Crippen LogP contribution in [-0.4, -0.2) is 5.11 Å². The van der Waals surface area contributed by atoms with Gasteiger partial charge in [-0.15, -0.1) is 0 Å². The summed E-state index contributed by atoms with van der Waals surface area (Å²) in [6.45, 7) is 11.3. The summed E-state index contributed by atoms with van der Waals surface area (Å²) in [6, 6.07) is 61.1. The minimum Gasteiger partial charge on any atom is -0.465 e. The zero-order valence-electron chi connectivity index (χ0n) is 34.0. The molecule has 1 unspecified atom stereocenters. The van der Waals surface area contributed by atoms with Crippen LogP contribution < -0.4 is 4.90 Å². The van der Waals surface area contributed by atoms with Gasteiger partial charge in [0.05, 0.1) is 6.26 Å². The summed E-state index contributed by atoms with van der Waals surface area (Å²) in [7, 11) is 0. The van der Waals surface area contributed by atoms with Crippen molar-refractivity contribution >= 4 is 38.6 Å². The molecule has 0 bridgehead atoms. The fraction of sp³-hybridized carbons (Fsp3) is 0.143. The lowest BCUT2D eigenvalue weighted by molar-refractivity contribution is 0.104. The van der Waals surface area contributed by atoms with Gasteiger partial charge < -0.3 is 14.4 Å². The minimum absolute atomic E-state index is 0.0882. The Kier molecular flexibility index (Phi) is 7.61. The summed E-state index contributed by atoms with van der Waals surface area (Å²) in [4.78, 5) is 2.38. The second-order valence-electron chi connectivity index (χ2n) is 17.9. The van der Waals surface area contributed by atoms with Gasteiger partial charge in [0.15, 0.2) is 11.4 Å².